The molecule has 0 N–H and O–H groups in total. The van der Waals surface area contributed by atoms with E-state index >= 15 is 0 Å². The molecule has 24 heavy (non-hydrogen) atoms. The number of hydrogen-bond donors (Lipinski definition) is 0. The monoisotopic (exact) mass is 328 g/mol. The van der Waals surface area contributed by atoms with Crippen molar-refractivity contribution in [1.29, 1.82) is 0 Å². The Labute approximate surface area is 142 Å². The minimum Gasteiger partial charge on any atom is -0.367 e. The molecule has 1 aromatic carbocycles. The van der Waals surface area contributed by atoms with Gasteiger partial charge in [0.1, 0.15) is 24.8 Å². The molecule has 3 atom stereocenters. The second-order valence-electron chi connectivity index (χ2n) is 6.65. The van der Waals surface area contributed by atoms with E-state index < -0.39 is 0 Å². The van der Waals surface area contributed by atoms with Crippen molar-refractivity contribution in [3.63, 3.8) is 0 Å². The second-order valence-corrected chi connectivity index (χ2v) is 6.65. The van der Waals surface area contributed by atoms with Crippen LogP contribution in [0.3, 0.4) is 0 Å². The van der Waals surface area contributed by atoms with Crippen LogP contribution >= 0.6 is 0 Å². The summed E-state index contributed by atoms with van der Waals surface area (Å²) in [7, 11) is 0. The van der Waals surface area contributed by atoms with Gasteiger partial charge in [-0.2, -0.15) is 5.10 Å². The molecule has 6 nitrogen and oxygen atoms in total. The summed E-state index contributed by atoms with van der Waals surface area (Å²) in [5.74, 6) is 0.208. The number of amides is 1. The van der Waals surface area contributed by atoms with Crippen LogP contribution < -0.4 is 0 Å². The van der Waals surface area contributed by atoms with E-state index in [1.807, 2.05) is 56.0 Å². The summed E-state index contributed by atoms with van der Waals surface area (Å²) >= 11 is 0. The van der Waals surface area contributed by atoms with Gasteiger partial charge in [0.2, 0.25) is 5.91 Å². The fourth-order valence-electron chi connectivity index (χ4n) is 3.24. The molecule has 1 amide bonds. The summed E-state index contributed by atoms with van der Waals surface area (Å²) in [5, 5.41) is 4.18. The van der Waals surface area contributed by atoms with E-state index in [-0.39, 0.29) is 30.1 Å². The van der Waals surface area contributed by atoms with E-state index in [1.54, 1.807) is 11.0 Å². The van der Waals surface area contributed by atoms with E-state index in [9.17, 15) is 4.79 Å². The van der Waals surface area contributed by atoms with Gasteiger partial charge in [0.25, 0.3) is 0 Å². The van der Waals surface area contributed by atoms with Crippen molar-refractivity contribution >= 4 is 5.91 Å². The zero-order valence-corrected chi connectivity index (χ0v) is 14.4. The predicted molar refractivity (Wildman–Crippen MR) is 90.2 cm³/mol. The van der Waals surface area contributed by atoms with Crippen LogP contribution in [0.1, 0.15) is 38.5 Å². The third-order valence-electron chi connectivity index (χ3n) is 4.35. The smallest absolute Gasteiger partial charge is 0.247 e. The zero-order valence-electron chi connectivity index (χ0n) is 14.4. The quantitative estimate of drug-likeness (QED) is 0.865. The van der Waals surface area contributed by atoms with Crippen LogP contribution in [-0.2, 0) is 9.53 Å². The summed E-state index contributed by atoms with van der Waals surface area (Å²) in [5.41, 5.74) is 1.10. The lowest BCUT2D eigenvalue weighted by Gasteiger charge is -2.39. The minimum atomic E-state index is -0.339. The number of ether oxygens (including phenoxy) is 1. The molecule has 0 saturated carbocycles. The first kappa shape index (κ1) is 16.6. The van der Waals surface area contributed by atoms with Crippen LogP contribution in [0.5, 0.6) is 0 Å². The highest BCUT2D eigenvalue weighted by Crippen LogP contribution is 2.28. The first-order valence-electron chi connectivity index (χ1n) is 8.39. The van der Waals surface area contributed by atoms with Crippen LogP contribution in [0.4, 0.5) is 0 Å². The highest BCUT2D eigenvalue weighted by atomic mass is 16.5. The van der Waals surface area contributed by atoms with Gasteiger partial charge < -0.3 is 9.64 Å². The molecule has 3 rings (SSSR count). The lowest BCUT2D eigenvalue weighted by Crippen LogP contribution is -2.49. The molecule has 1 aromatic heterocycles. The summed E-state index contributed by atoms with van der Waals surface area (Å²) in [6, 6.07) is 9.73. The maximum Gasteiger partial charge on any atom is 0.247 e. The van der Waals surface area contributed by atoms with Gasteiger partial charge in [0.05, 0.1) is 12.6 Å². The van der Waals surface area contributed by atoms with E-state index in [0.717, 1.165) is 5.56 Å². The highest BCUT2D eigenvalue weighted by Gasteiger charge is 2.35. The molecule has 0 aliphatic carbocycles. The molecule has 1 aliphatic rings. The Morgan fingerprint density at radius 2 is 2.00 bits per heavy atom. The largest absolute Gasteiger partial charge is 0.367 e. The Morgan fingerprint density at radius 3 is 2.62 bits per heavy atom. The molecule has 6 heteroatoms. The predicted octanol–water partition coefficient (Wildman–Crippen LogP) is 2.46. The summed E-state index contributed by atoms with van der Waals surface area (Å²) in [4.78, 5) is 19.0. The Kier molecular flexibility index (Phi) is 4.94. The number of hydrogen-bond acceptors (Lipinski definition) is 4. The first-order chi connectivity index (χ1) is 11.6. The standard InChI is InChI=1S/C18H24N4O2/c1-13(2)17(22-12-19-11-20-22)18(23)21-9-14(3)24-16(10-21)15-7-5-4-6-8-15/h4-8,11-14,16-17H,9-10H2,1-3H3/t14-,16-,17-/m1/s1. The van der Waals surface area contributed by atoms with Crippen molar-refractivity contribution in [2.24, 2.45) is 5.92 Å². The summed E-state index contributed by atoms with van der Waals surface area (Å²) in [6.45, 7) is 7.23. The van der Waals surface area contributed by atoms with Gasteiger partial charge in [-0.15, -0.1) is 0 Å². The van der Waals surface area contributed by atoms with Crippen LogP contribution in [0.25, 0.3) is 0 Å². The van der Waals surface area contributed by atoms with Crippen LogP contribution in [0.2, 0.25) is 0 Å². The zero-order chi connectivity index (χ0) is 17.1. The normalized spacial score (nSPS) is 22.6. The van der Waals surface area contributed by atoms with Gasteiger partial charge in [-0.3, -0.25) is 4.79 Å². The van der Waals surface area contributed by atoms with Crippen molar-refractivity contribution in [3.05, 3.63) is 48.5 Å². The van der Waals surface area contributed by atoms with Crippen molar-refractivity contribution in [1.82, 2.24) is 19.7 Å². The van der Waals surface area contributed by atoms with Gasteiger partial charge in [0.15, 0.2) is 0 Å². The SMILES string of the molecule is CC(C)[C@H](C(=O)N1C[C@@H](C)O[C@@H](c2ccccc2)C1)n1cncn1. The molecule has 1 aliphatic heterocycles. The molecule has 2 aromatic rings. The number of rotatable bonds is 4. The molecule has 1 fully saturated rings. The summed E-state index contributed by atoms with van der Waals surface area (Å²) in [6.07, 6.45) is 2.98. The molecule has 2 heterocycles. The third kappa shape index (κ3) is 3.48. The third-order valence-corrected chi connectivity index (χ3v) is 4.35. The summed E-state index contributed by atoms with van der Waals surface area (Å²) < 4.78 is 7.71. The van der Waals surface area contributed by atoms with Crippen molar-refractivity contribution in [2.45, 2.75) is 39.0 Å². The topological polar surface area (TPSA) is 60.2 Å². The van der Waals surface area contributed by atoms with Gasteiger partial charge >= 0.3 is 0 Å². The maximum absolute atomic E-state index is 13.1. The van der Waals surface area contributed by atoms with Crippen molar-refractivity contribution in [3.8, 4) is 0 Å². The molecular formula is C18H24N4O2. The number of nitrogens with zero attached hydrogens (tertiary/aromatic N) is 4. The molecular weight excluding hydrogens is 304 g/mol. The van der Waals surface area contributed by atoms with Crippen LogP contribution in [0, 0.1) is 5.92 Å². The van der Waals surface area contributed by atoms with E-state index in [0.29, 0.717) is 13.1 Å². The maximum atomic E-state index is 13.1. The molecule has 0 bridgehead atoms. The minimum absolute atomic E-state index is 0.00327. The fraction of sp³-hybridized carbons (Fsp3) is 0.500. The Hall–Kier alpha value is -2.21. The first-order valence-corrected chi connectivity index (χ1v) is 8.39. The van der Waals surface area contributed by atoms with E-state index in [2.05, 4.69) is 10.1 Å². The highest BCUT2D eigenvalue weighted by molar-refractivity contribution is 5.80. The number of carbonyl (C=O) groups excluding carboxylic acids is 1. The molecule has 128 valence electrons. The lowest BCUT2D eigenvalue weighted by atomic mass is 10.0. The Balaban J connectivity index is 1.80. The molecule has 1 saturated heterocycles. The lowest BCUT2D eigenvalue weighted by molar-refractivity contribution is -0.150. The van der Waals surface area contributed by atoms with E-state index in [1.165, 1.54) is 6.33 Å². The van der Waals surface area contributed by atoms with Crippen LogP contribution in [0.15, 0.2) is 43.0 Å². The number of morpholine rings is 1. The number of benzene rings is 1. The van der Waals surface area contributed by atoms with Gasteiger partial charge in [-0.25, -0.2) is 9.67 Å². The molecule has 0 spiro atoms. The number of carbonyl (C=O) groups is 1. The average molecular weight is 328 g/mol. The average Bonchev–Trinajstić information content (AvgIpc) is 3.09. The van der Waals surface area contributed by atoms with Crippen molar-refractivity contribution < 1.29 is 9.53 Å². The van der Waals surface area contributed by atoms with Crippen LogP contribution in [-0.4, -0.2) is 44.8 Å². The number of aromatic nitrogens is 3. The Morgan fingerprint density at radius 1 is 1.25 bits per heavy atom. The second kappa shape index (κ2) is 7.13. The molecule has 0 radical (unpaired) electrons. The fourth-order valence-corrected chi connectivity index (χ4v) is 3.24. The van der Waals surface area contributed by atoms with Gasteiger partial charge in [0, 0.05) is 6.54 Å². The van der Waals surface area contributed by atoms with E-state index in [4.69, 9.17) is 4.74 Å². The Bertz CT molecular complexity index is 657. The molecule has 0 unspecified atom stereocenters. The van der Waals surface area contributed by atoms with Gasteiger partial charge in [-0.05, 0) is 18.4 Å². The van der Waals surface area contributed by atoms with Crippen molar-refractivity contribution in [2.75, 3.05) is 13.1 Å². The van der Waals surface area contributed by atoms with Gasteiger partial charge in [-0.1, -0.05) is 44.2 Å².